The summed E-state index contributed by atoms with van der Waals surface area (Å²) in [5, 5.41) is 7.03. The Labute approximate surface area is 168 Å². The van der Waals surface area contributed by atoms with Crippen molar-refractivity contribution in [3.63, 3.8) is 0 Å². The molecule has 2 aliphatic rings. The van der Waals surface area contributed by atoms with Crippen LogP contribution in [-0.4, -0.2) is 83.1 Å². The van der Waals surface area contributed by atoms with Gasteiger partial charge >= 0.3 is 0 Å². The van der Waals surface area contributed by atoms with Crippen LogP contribution >= 0.6 is 23.1 Å². The zero-order valence-electron chi connectivity index (χ0n) is 15.4. The summed E-state index contributed by atoms with van der Waals surface area (Å²) in [5.74, 6) is 0.619. The van der Waals surface area contributed by atoms with Crippen molar-refractivity contribution in [1.82, 2.24) is 24.3 Å². The number of carbonyl (C=O) groups excluding carboxylic acids is 1. The molecule has 1 aromatic heterocycles. The van der Waals surface area contributed by atoms with E-state index in [0.29, 0.717) is 13.1 Å². The molecular weight excluding hydrogens is 382 g/mol. The van der Waals surface area contributed by atoms with E-state index in [1.807, 2.05) is 22.4 Å². The van der Waals surface area contributed by atoms with E-state index in [-0.39, 0.29) is 17.7 Å². The fourth-order valence-corrected chi connectivity index (χ4v) is 4.63. The molecule has 8 heteroatoms. The van der Waals surface area contributed by atoms with Crippen LogP contribution in [0.2, 0.25) is 5.02 Å². The first-order chi connectivity index (χ1) is 13.1. The summed E-state index contributed by atoms with van der Waals surface area (Å²) in [7, 11) is 2.13. The first-order valence-electron chi connectivity index (χ1n) is 9.31. The molecule has 3 heterocycles. The van der Waals surface area contributed by atoms with E-state index in [1.54, 1.807) is 0 Å². The van der Waals surface area contributed by atoms with Crippen LogP contribution in [0.5, 0.6) is 0 Å². The van der Waals surface area contributed by atoms with Crippen LogP contribution in [0.25, 0.3) is 0 Å². The van der Waals surface area contributed by atoms with E-state index in [9.17, 15) is 4.79 Å². The molecule has 27 heavy (non-hydrogen) atoms. The van der Waals surface area contributed by atoms with Crippen LogP contribution in [0.3, 0.4) is 0 Å². The number of likely N-dealkylation sites (N-methyl/N-ethyl adjacent to an activating group) is 1. The molecule has 6 nitrogen and oxygen atoms in total. The SMILES string of the molecule is CN1CCN(CC(=O)N2C[C@H](c3ccc(Cl)cc3)[C@@H](c3csnn3)C2)CC1. The molecular formula is C19H24ClN5OS. The monoisotopic (exact) mass is 405 g/mol. The largest absolute Gasteiger partial charge is 0.340 e. The third-order valence-electron chi connectivity index (χ3n) is 5.68. The Kier molecular flexibility index (Phi) is 5.73. The fourth-order valence-electron chi connectivity index (χ4n) is 3.99. The second kappa shape index (κ2) is 8.22. The van der Waals surface area contributed by atoms with Gasteiger partial charge < -0.3 is 9.80 Å². The standard InChI is InChI=1S/C19H24ClN5OS/c1-23-6-8-24(9-7-23)12-19(26)25-10-16(14-2-4-15(20)5-3-14)17(11-25)18-13-27-22-21-18/h2-5,13,16-17H,6-12H2,1H3/t16-,17+/m1/s1. The van der Waals surface area contributed by atoms with Crippen molar-refractivity contribution in [1.29, 1.82) is 0 Å². The lowest BCUT2D eigenvalue weighted by Crippen LogP contribution is -2.48. The number of rotatable bonds is 4. The second-order valence-corrected chi connectivity index (χ2v) is 8.52. The van der Waals surface area contributed by atoms with E-state index in [1.165, 1.54) is 17.1 Å². The van der Waals surface area contributed by atoms with Crippen molar-refractivity contribution in [3.05, 3.63) is 45.9 Å². The van der Waals surface area contributed by atoms with Gasteiger partial charge in [-0.25, -0.2) is 0 Å². The highest BCUT2D eigenvalue weighted by Crippen LogP contribution is 2.39. The average molecular weight is 406 g/mol. The normalized spacial score (nSPS) is 24.4. The molecule has 2 saturated heterocycles. The second-order valence-electron chi connectivity index (χ2n) is 7.47. The number of benzene rings is 1. The summed E-state index contributed by atoms with van der Waals surface area (Å²) < 4.78 is 4.03. The van der Waals surface area contributed by atoms with Gasteiger partial charge in [-0.15, -0.1) is 5.10 Å². The van der Waals surface area contributed by atoms with E-state index < -0.39 is 0 Å². The molecule has 1 amide bonds. The summed E-state index contributed by atoms with van der Waals surface area (Å²) in [6.45, 7) is 5.87. The predicted molar refractivity (Wildman–Crippen MR) is 107 cm³/mol. The van der Waals surface area contributed by atoms with Gasteiger partial charge in [0.2, 0.25) is 5.91 Å². The highest BCUT2D eigenvalue weighted by Gasteiger charge is 2.38. The van der Waals surface area contributed by atoms with Gasteiger partial charge in [0.1, 0.15) is 0 Å². The number of likely N-dealkylation sites (tertiary alicyclic amines) is 1. The van der Waals surface area contributed by atoms with E-state index in [4.69, 9.17) is 11.6 Å². The van der Waals surface area contributed by atoms with Crippen LogP contribution < -0.4 is 0 Å². The Bertz CT molecular complexity index is 761. The molecule has 0 unspecified atom stereocenters. The molecule has 0 bridgehead atoms. The maximum atomic E-state index is 13.0. The molecule has 144 valence electrons. The van der Waals surface area contributed by atoms with Crippen LogP contribution in [0.1, 0.15) is 23.1 Å². The first-order valence-corrected chi connectivity index (χ1v) is 10.5. The number of piperazine rings is 1. The Morgan fingerprint density at radius 1 is 1.15 bits per heavy atom. The maximum Gasteiger partial charge on any atom is 0.236 e. The van der Waals surface area contributed by atoms with Crippen molar-refractivity contribution in [2.45, 2.75) is 11.8 Å². The van der Waals surface area contributed by atoms with Gasteiger partial charge in [0.15, 0.2) is 0 Å². The fraction of sp³-hybridized carbons (Fsp3) is 0.526. The van der Waals surface area contributed by atoms with Gasteiger partial charge in [0.25, 0.3) is 0 Å². The number of hydrogen-bond donors (Lipinski definition) is 0. The van der Waals surface area contributed by atoms with Crippen molar-refractivity contribution in [2.24, 2.45) is 0 Å². The lowest BCUT2D eigenvalue weighted by atomic mass is 9.87. The highest BCUT2D eigenvalue weighted by molar-refractivity contribution is 7.03. The van der Waals surface area contributed by atoms with Gasteiger partial charge in [-0.05, 0) is 36.3 Å². The number of halogens is 1. The molecule has 2 fully saturated rings. The minimum atomic E-state index is 0.182. The summed E-state index contributed by atoms with van der Waals surface area (Å²) in [6.07, 6.45) is 0. The molecule has 0 saturated carbocycles. The topological polar surface area (TPSA) is 52.6 Å². The van der Waals surface area contributed by atoms with Crippen molar-refractivity contribution < 1.29 is 4.79 Å². The summed E-state index contributed by atoms with van der Waals surface area (Å²) in [4.78, 5) is 19.5. The van der Waals surface area contributed by atoms with Crippen LogP contribution in [-0.2, 0) is 4.79 Å². The molecule has 0 spiro atoms. The minimum Gasteiger partial charge on any atom is -0.340 e. The summed E-state index contributed by atoms with van der Waals surface area (Å²) >= 11 is 7.42. The Morgan fingerprint density at radius 2 is 1.85 bits per heavy atom. The molecule has 2 atom stereocenters. The van der Waals surface area contributed by atoms with Gasteiger partial charge in [-0.1, -0.05) is 28.2 Å². The lowest BCUT2D eigenvalue weighted by molar-refractivity contribution is -0.131. The van der Waals surface area contributed by atoms with E-state index in [2.05, 4.69) is 38.6 Å². The third-order valence-corrected chi connectivity index (χ3v) is 6.46. The molecule has 2 aromatic rings. The zero-order valence-corrected chi connectivity index (χ0v) is 17.0. The minimum absolute atomic E-state index is 0.182. The Balaban J connectivity index is 1.48. The third kappa shape index (κ3) is 4.32. The molecule has 4 rings (SSSR count). The smallest absolute Gasteiger partial charge is 0.236 e. The number of aromatic nitrogens is 2. The Morgan fingerprint density at radius 3 is 2.52 bits per heavy atom. The van der Waals surface area contributed by atoms with Crippen molar-refractivity contribution in [3.8, 4) is 0 Å². The number of nitrogens with zero attached hydrogens (tertiary/aromatic N) is 5. The molecule has 0 N–H and O–H groups in total. The summed E-state index contributed by atoms with van der Waals surface area (Å²) in [5.41, 5.74) is 2.18. The van der Waals surface area contributed by atoms with Crippen molar-refractivity contribution in [2.75, 3.05) is 52.9 Å². The molecule has 0 radical (unpaired) electrons. The van der Waals surface area contributed by atoms with Crippen molar-refractivity contribution >= 4 is 29.0 Å². The predicted octanol–water partition coefficient (Wildman–Crippen LogP) is 2.15. The average Bonchev–Trinajstić information content (AvgIpc) is 3.33. The maximum absolute atomic E-state index is 13.0. The van der Waals surface area contributed by atoms with Crippen LogP contribution in [0, 0.1) is 0 Å². The lowest BCUT2D eigenvalue weighted by Gasteiger charge is -2.32. The van der Waals surface area contributed by atoms with Crippen LogP contribution in [0.15, 0.2) is 29.6 Å². The van der Waals surface area contributed by atoms with Gasteiger partial charge in [0, 0.05) is 61.5 Å². The number of hydrogen-bond acceptors (Lipinski definition) is 6. The summed E-state index contributed by atoms with van der Waals surface area (Å²) in [6, 6.07) is 7.96. The Hall–Kier alpha value is -1.54. The zero-order chi connectivity index (χ0) is 18.8. The molecule has 1 aromatic carbocycles. The highest BCUT2D eigenvalue weighted by atomic mass is 35.5. The van der Waals surface area contributed by atoms with Gasteiger partial charge in [-0.2, -0.15) is 0 Å². The van der Waals surface area contributed by atoms with E-state index in [0.717, 1.165) is 43.4 Å². The number of carbonyl (C=O) groups is 1. The number of amides is 1. The van der Waals surface area contributed by atoms with E-state index >= 15 is 0 Å². The van der Waals surface area contributed by atoms with Crippen LogP contribution in [0.4, 0.5) is 0 Å². The first kappa shape index (κ1) is 18.8. The molecule has 2 aliphatic heterocycles. The molecule has 0 aliphatic carbocycles. The van der Waals surface area contributed by atoms with Gasteiger partial charge in [-0.3, -0.25) is 9.69 Å². The van der Waals surface area contributed by atoms with Gasteiger partial charge in [0.05, 0.1) is 12.2 Å². The quantitative estimate of drug-likeness (QED) is 0.780.